The summed E-state index contributed by atoms with van der Waals surface area (Å²) in [5.74, 6) is -5.89. The van der Waals surface area contributed by atoms with Gasteiger partial charge in [0.05, 0.1) is 46.5 Å². The molecular formula is C31H27NO13. The van der Waals surface area contributed by atoms with Crippen LogP contribution in [0.25, 0.3) is 10.8 Å². The normalized spacial score (nSPS) is 22.3. The number of aliphatic hydroxyl groups is 4. The lowest BCUT2D eigenvalue weighted by molar-refractivity contribution is -0.179. The number of aromatic amines is 1. The number of aryl methyl sites for hydroxylation is 1. The van der Waals surface area contributed by atoms with Crippen LogP contribution in [-0.4, -0.2) is 89.3 Å². The molecule has 14 nitrogen and oxygen atoms in total. The van der Waals surface area contributed by atoms with E-state index in [-0.39, 0.29) is 57.5 Å². The number of aromatic nitrogens is 1. The van der Waals surface area contributed by atoms with Gasteiger partial charge in [0.15, 0.2) is 17.3 Å². The van der Waals surface area contributed by atoms with Crippen molar-refractivity contribution in [2.45, 2.75) is 49.6 Å². The molecule has 3 aliphatic carbocycles. The number of nitrogens with one attached hydrogen (secondary N) is 1. The molecule has 234 valence electrons. The second-order valence-corrected chi connectivity index (χ2v) is 11.3. The van der Waals surface area contributed by atoms with E-state index in [0.29, 0.717) is 0 Å². The van der Waals surface area contributed by atoms with Crippen molar-refractivity contribution in [1.29, 1.82) is 0 Å². The Labute approximate surface area is 252 Å². The number of phenolic OH excluding ortho intramolecular Hbond substituents is 3. The Morgan fingerprint density at radius 2 is 1.53 bits per heavy atom. The van der Waals surface area contributed by atoms with Gasteiger partial charge >= 0.3 is 0 Å². The smallest absolute Gasteiger partial charge is 0.259 e. The van der Waals surface area contributed by atoms with Crippen LogP contribution >= 0.6 is 0 Å². The van der Waals surface area contributed by atoms with Crippen LogP contribution in [0, 0.1) is 7.11 Å². The molecule has 0 radical (unpaired) electrons. The molecule has 14 heteroatoms. The fourth-order valence-corrected chi connectivity index (χ4v) is 6.69. The molecule has 3 aliphatic rings. The number of fused-ring (bicyclic) bond motifs is 5. The topological polar surface area (TPSA) is 246 Å². The van der Waals surface area contributed by atoms with Crippen LogP contribution in [0.1, 0.15) is 77.3 Å². The minimum atomic E-state index is -2.18. The first-order valence-electron chi connectivity index (χ1n) is 13.7. The first kappa shape index (κ1) is 30.0. The molecule has 0 amide bonds. The third-order valence-corrected chi connectivity index (χ3v) is 8.90. The summed E-state index contributed by atoms with van der Waals surface area (Å²) in [4.78, 5) is 57.0. The van der Waals surface area contributed by atoms with E-state index < -0.39 is 86.7 Å². The molecule has 6 rings (SSSR count). The molecule has 0 saturated carbocycles. The number of aliphatic hydroxyl groups excluding tert-OH is 4. The number of allylic oxidation sites excluding steroid dienone is 2. The summed E-state index contributed by atoms with van der Waals surface area (Å²) in [6, 6.07) is 2.64. The maximum absolute atomic E-state index is 14.2. The van der Waals surface area contributed by atoms with Gasteiger partial charge in [-0.2, -0.15) is 0 Å². The maximum Gasteiger partial charge on any atom is 0.259 e. The number of hydrogen-bond acceptors (Lipinski definition) is 12. The van der Waals surface area contributed by atoms with Crippen LogP contribution < -0.4 is 5.56 Å². The third kappa shape index (κ3) is 3.77. The molecule has 1 spiro atoms. The van der Waals surface area contributed by atoms with E-state index in [1.807, 2.05) is 0 Å². The minimum Gasteiger partial charge on any atom is -0.508 e. The van der Waals surface area contributed by atoms with Gasteiger partial charge in [-0.25, -0.2) is 0 Å². The van der Waals surface area contributed by atoms with Gasteiger partial charge in [-0.3, -0.25) is 19.2 Å². The summed E-state index contributed by atoms with van der Waals surface area (Å²) in [5.41, 5.74) is -5.53. The molecule has 1 heterocycles. The summed E-state index contributed by atoms with van der Waals surface area (Å²) in [7, 11) is 4.46. The number of rotatable bonds is 5. The first-order valence-corrected chi connectivity index (χ1v) is 13.7. The van der Waals surface area contributed by atoms with Gasteiger partial charge in [0.25, 0.3) is 5.56 Å². The van der Waals surface area contributed by atoms with Crippen molar-refractivity contribution in [2.24, 2.45) is 0 Å². The number of methoxy groups -OCH3 is 1. The lowest BCUT2D eigenvalue weighted by Crippen LogP contribution is -2.40. The summed E-state index contributed by atoms with van der Waals surface area (Å²) in [6.07, 6.45) is -6.01. The number of benzene rings is 2. The fourth-order valence-electron chi connectivity index (χ4n) is 6.69. The van der Waals surface area contributed by atoms with Gasteiger partial charge in [-0.1, -0.05) is 6.07 Å². The molecule has 1 aromatic heterocycles. The minimum absolute atomic E-state index is 0.0211. The number of carbonyl (C=O) groups is 3. The monoisotopic (exact) mass is 621 g/mol. The fraction of sp³-hybridized carbons (Fsp3) is 0.290. The third-order valence-electron chi connectivity index (χ3n) is 8.90. The number of H-pyrrole nitrogens is 1. The number of hydrogen-bond donors (Lipinski definition) is 8. The Hall–Kier alpha value is -5.02. The van der Waals surface area contributed by atoms with Crippen LogP contribution in [0.15, 0.2) is 28.8 Å². The number of aromatic hydroxyl groups is 3. The van der Waals surface area contributed by atoms with Crippen molar-refractivity contribution >= 4 is 33.9 Å². The summed E-state index contributed by atoms with van der Waals surface area (Å²) in [5, 5.41) is 74.1. The molecule has 5 unspecified atom stereocenters. The first-order chi connectivity index (χ1) is 21.2. The summed E-state index contributed by atoms with van der Waals surface area (Å²) in [6.45, 7) is 1.19. The van der Waals surface area contributed by atoms with E-state index in [1.54, 1.807) is 0 Å². The van der Waals surface area contributed by atoms with Crippen molar-refractivity contribution in [1.82, 2.24) is 4.98 Å². The molecule has 0 fully saturated rings. The summed E-state index contributed by atoms with van der Waals surface area (Å²) < 4.78 is 10.1. The van der Waals surface area contributed by atoms with E-state index >= 15 is 0 Å². The largest absolute Gasteiger partial charge is 0.508 e. The van der Waals surface area contributed by atoms with E-state index in [1.165, 1.54) is 26.2 Å². The van der Waals surface area contributed by atoms with Crippen molar-refractivity contribution in [3.8, 4) is 17.2 Å². The van der Waals surface area contributed by atoms with E-state index in [2.05, 4.69) is 12.1 Å². The standard InChI is InChI=1S/C31H27NO13/c1-9(33)21(34)27(40)22(35)12-7-11-6-10-4-5-31(20(10)26(39)15(11)30(43)32-12)28(41)18-19(29(31)42)25(38)17-16(24(18)37)13(44-2)8-14(45-3)23(17)36/h6-9,21-22,27,33-35,37-40H,2,4-5H2,1,3H3,(H,32,43). The van der Waals surface area contributed by atoms with Crippen LogP contribution in [0.5, 0.6) is 17.2 Å². The van der Waals surface area contributed by atoms with Gasteiger partial charge < -0.3 is 49.9 Å². The molecule has 5 atom stereocenters. The zero-order chi connectivity index (χ0) is 32.9. The number of ketones is 4. The van der Waals surface area contributed by atoms with Crippen LogP contribution in [0.4, 0.5) is 0 Å². The van der Waals surface area contributed by atoms with E-state index in [4.69, 9.17) is 9.16 Å². The molecule has 0 saturated heterocycles. The SMILES string of the molecule is [CH2-]/[O+]=C1/C=C(OC)C(=O)c2c(O)c3c(c(O)c21)C(=O)C1(CCc2cc4cc(C(O)C(O)C(O)C(C)O)[nH]c(=O)c4c(O)c21)C3=O. The molecule has 3 aromatic rings. The van der Waals surface area contributed by atoms with Crippen LogP contribution in [0.2, 0.25) is 0 Å². The van der Waals surface area contributed by atoms with Gasteiger partial charge in [-0.05, 0) is 36.8 Å². The Balaban J connectivity index is 1.54. The maximum atomic E-state index is 14.2. The van der Waals surface area contributed by atoms with Crippen LogP contribution in [-0.2, 0) is 16.6 Å². The average Bonchev–Trinajstić information content (AvgIpc) is 3.50. The van der Waals surface area contributed by atoms with E-state index in [9.17, 15) is 54.9 Å². The number of ether oxygens (including phenoxy) is 1. The van der Waals surface area contributed by atoms with Crippen molar-refractivity contribution in [3.63, 3.8) is 0 Å². The number of phenols is 3. The highest BCUT2D eigenvalue weighted by atomic mass is 16.5. The lowest BCUT2D eigenvalue weighted by Gasteiger charge is -2.25. The van der Waals surface area contributed by atoms with Gasteiger partial charge in [-0.15, -0.1) is 0 Å². The highest BCUT2D eigenvalue weighted by Gasteiger charge is 2.61. The quantitative estimate of drug-likeness (QED) is 0.0829. The number of Topliss-reactive ketones (excluding diaryl/α,β-unsaturated/α-hetero) is 3. The molecular weight excluding hydrogens is 594 g/mol. The predicted molar refractivity (Wildman–Crippen MR) is 152 cm³/mol. The Morgan fingerprint density at radius 1 is 0.911 bits per heavy atom. The molecule has 0 aliphatic heterocycles. The molecule has 8 N–H and O–H groups in total. The second kappa shape index (κ2) is 10.0. The Bertz CT molecular complexity index is 2000. The van der Waals surface area contributed by atoms with Gasteiger partial charge in [0, 0.05) is 11.6 Å². The molecule has 2 aromatic carbocycles. The van der Waals surface area contributed by atoms with Crippen molar-refractivity contribution < 1.29 is 59.3 Å². The van der Waals surface area contributed by atoms with Crippen LogP contribution in [0.3, 0.4) is 0 Å². The zero-order valence-corrected chi connectivity index (χ0v) is 23.7. The second-order valence-electron chi connectivity index (χ2n) is 11.3. The number of pyridine rings is 1. The highest BCUT2D eigenvalue weighted by molar-refractivity contribution is 6.38. The van der Waals surface area contributed by atoms with Crippen molar-refractivity contribution in [3.05, 3.63) is 80.5 Å². The molecule has 45 heavy (non-hydrogen) atoms. The average molecular weight is 622 g/mol. The van der Waals surface area contributed by atoms with Gasteiger partial charge in [0.1, 0.15) is 48.1 Å². The predicted octanol–water partition coefficient (Wildman–Crippen LogP) is 0.281. The molecule has 0 bridgehead atoms. The van der Waals surface area contributed by atoms with E-state index in [0.717, 1.165) is 6.08 Å². The van der Waals surface area contributed by atoms with Gasteiger partial charge in [0.2, 0.25) is 11.6 Å². The Kier molecular flexibility index (Phi) is 6.67. The Morgan fingerprint density at radius 3 is 2.11 bits per heavy atom. The highest BCUT2D eigenvalue weighted by Crippen LogP contribution is 2.57. The number of carbonyl (C=O) groups excluding carboxylic acids is 4. The zero-order valence-electron chi connectivity index (χ0n) is 23.7. The van der Waals surface area contributed by atoms with Crippen molar-refractivity contribution in [2.75, 3.05) is 7.11 Å². The summed E-state index contributed by atoms with van der Waals surface area (Å²) >= 11 is 0. The lowest BCUT2D eigenvalue weighted by atomic mass is 9.76.